The van der Waals surface area contributed by atoms with Crippen LogP contribution in [0.4, 0.5) is 110 Å². The molecule has 0 N–H and O–H groups in total. The Morgan fingerprint density at radius 1 is 0.333 bits per heavy atom. The molecule has 0 atom stereocenters. The van der Waals surface area contributed by atoms with Gasteiger partial charge in [-0.15, -0.1) is 0 Å². The van der Waals surface area contributed by atoms with Gasteiger partial charge in [-0.2, -0.15) is 110 Å². The summed E-state index contributed by atoms with van der Waals surface area (Å²) < 4.78 is 330. The van der Waals surface area contributed by atoms with E-state index in [1.165, 1.54) is 0 Å². The minimum Gasteiger partial charge on any atom is -0.200 e. The molecular weight excluding hydrogens is 679 g/mol. The Hall–Kier alpha value is -2.01. The van der Waals surface area contributed by atoms with Crippen LogP contribution in [0.3, 0.4) is 0 Å². The average Bonchev–Trinajstić information content (AvgIpc) is 2.75. The maximum atomic E-state index is 13.6. The normalized spacial score (nSPS) is 16.9. The van der Waals surface area contributed by atoms with Gasteiger partial charge in [0.1, 0.15) is 0 Å². The van der Waals surface area contributed by atoms with E-state index in [1.54, 1.807) is 0 Å². The van der Waals surface area contributed by atoms with Crippen molar-refractivity contribution >= 4 is 0 Å². The molecule has 0 aromatic heterocycles. The van der Waals surface area contributed by atoms with Gasteiger partial charge in [-0.3, -0.25) is 0 Å². The molecule has 0 aromatic carbocycles. The Morgan fingerprint density at radius 2 is 0.571 bits per heavy atom. The molecule has 0 aliphatic heterocycles. The molecule has 0 saturated heterocycles. The van der Waals surface area contributed by atoms with E-state index in [9.17, 15) is 110 Å². The molecule has 0 saturated carbocycles. The molecule has 0 spiro atoms. The largest absolute Gasteiger partial charge is 0.460 e. The Kier molecular flexibility index (Phi) is 9.79. The van der Waals surface area contributed by atoms with Crippen molar-refractivity contribution < 1.29 is 110 Å². The highest BCUT2D eigenvalue weighted by molar-refractivity contribution is 5.20. The Balaban J connectivity index is 6.91. The standard InChI is InChI=1S/C17H9F25/c1-2-3-6(18,19)9(24,25)12(30,31)13(32,33)10(26,27)7(20,21)4-5-8(22,23)11(28,29)14(34,35)15(36,37)16(38,39)17(40,41)42/h4-5H,2-3H2,1H3. The summed E-state index contributed by atoms with van der Waals surface area (Å²) in [6.07, 6.45) is -17.6. The summed E-state index contributed by atoms with van der Waals surface area (Å²) in [5.41, 5.74) is 0. The first-order valence-corrected chi connectivity index (χ1v) is 9.70. The monoisotopic (exact) mass is 688 g/mol. The van der Waals surface area contributed by atoms with Crippen LogP contribution < -0.4 is 0 Å². The molecule has 0 rings (SSSR count). The maximum absolute atomic E-state index is 13.6. The third-order valence-electron chi connectivity index (χ3n) is 5.08. The summed E-state index contributed by atoms with van der Waals surface area (Å²) in [7, 11) is 0. The van der Waals surface area contributed by atoms with E-state index < -0.39 is 96.3 Å². The Labute approximate surface area is 214 Å². The number of hydrogen-bond acceptors (Lipinski definition) is 0. The molecular formula is C17H9F25. The second-order valence-electron chi connectivity index (χ2n) is 8.13. The number of allylic oxidation sites excluding steroid dienone is 2. The van der Waals surface area contributed by atoms with E-state index in [0.29, 0.717) is 6.92 Å². The van der Waals surface area contributed by atoms with E-state index in [4.69, 9.17) is 0 Å². The van der Waals surface area contributed by atoms with Crippen LogP contribution in [-0.4, -0.2) is 71.3 Å². The van der Waals surface area contributed by atoms with Gasteiger partial charge in [0.05, 0.1) is 0 Å². The highest BCUT2D eigenvalue weighted by atomic mass is 19.4. The minimum atomic E-state index is -8.70. The number of halogens is 25. The van der Waals surface area contributed by atoms with Gasteiger partial charge in [-0.1, -0.05) is 13.3 Å². The van der Waals surface area contributed by atoms with Gasteiger partial charge < -0.3 is 0 Å². The summed E-state index contributed by atoms with van der Waals surface area (Å²) in [4.78, 5) is 0. The maximum Gasteiger partial charge on any atom is 0.460 e. The van der Waals surface area contributed by atoms with Gasteiger partial charge in [0, 0.05) is 6.42 Å². The fourth-order valence-electron chi connectivity index (χ4n) is 2.50. The summed E-state index contributed by atoms with van der Waals surface area (Å²) in [6, 6.07) is 0. The van der Waals surface area contributed by atoms with E-state index >= 15 is 0 Å². The predicted molar refractivity (Wildman–Crippen MR) is 84.5 cm³/mol. The lowest BCUT2D eigenvalue weighted by atomic mass is 9.89. The second kappa shape index (κ2) is 10.3. The highest BCUT2D eigenvalue weighted by Gasteiger charge is 2.91. The van der Waals surface area contributed by atoms with Crippen LogP contribution in [0.2, 0.25) is 0 Å². The third kappa shape index (κ3) is 5.30. The molecule has 0 radical (unpaired) electrons. The van der Waals surface area contributed by atoms with Gasteiger partial charge in [0.25, 0.3) is 0 Å². The number of hydrogen-bond donors (Lipinski definition) is 0. The van der Waals surface area contributed by atoms with Crippen molar-refractivity contribution in [2.45, 2.75) is 91.1 Å². The SMILES string of the molecule is CCCC(F)(F)C(F)(F)C(F)(F)C(F)(F)C(F)(F)C(F)(F)C=CC(F)(F)C(F)(F)C(F)(F)C(F)(F)C(F)(F)C(F)(F)F. The summed E-state index contributed by atoms with van der Waals surface area (Å²) in [5.74, 6) is -88.9. The first kappa shape index (κ1) is 40.0. The zero-order valence-corrected chi connectivity index (χ0v) is 19.0. The zero-order chi connectivity index (χ0) is 34.8. The molecule has 0 nitrogen and oxygen atoms in total. The van der Waals surface area contributed by atoms with Gasteiger partial charge in [-0.05, 0) is 12.2 Å². The van der Waals surface area contributed by atoms with Crippen molar-refractivity contribution in [2.75, 3.05) is 0 Å². The van der Waals surface area contributed by atoms with Crippen molar-refractivity contribution in [1.82, 2.24) is 0 Å². The second-order valence-corrected chi connectivity index (χ2v) is 8.13. The van der Waals surface area contributed by atoms with Gasteiger partial charge in [0.2, 0.25) is 0 Å². The number of alkyl halides is 25. The van der Waals surface area contributed by atoms with Crippen molar-refractivity contribution in [3.05, 3.63) is 12.2 Å². The van der Waals surface area contributed by atoms with E-state index in [-0.39, 0.29) is 0 Å². The molecule has 42 heavy (non-hydrogen) atoms. The topological polar surface area (TPSA) is 0 Å². The fourth-order valence-corrected chi connectivity index (χ4v) is 2.50. The molecule has 25 heteroatoms. The van der Waals surface area contributed by atoms with Crippen LogP contribution in [-0.2, 0) is 0 Å². The van der Waals surface area contributed by atoms with Crippen LogP contribution in [0.5, 0.6) is 0 Å². The molecule has 0 aliphatic rings. The van der Waals surface area contributed by atoms with Crippen molar-refractivity contribution in [3.8, 4) is 0 Å². The smallest absolute Gasteiger partial charge is 0.200 e. The van der Waals surface area contributed by atoms with Crippen LogP contribution in [0.25, 0.3) is 0 Å². The molecule has 0 bridgehead atoms. The molecule has 0 aliphatic carbocycles. The lowest BCUT2D eigenvalue weighted by Gasteiger charge is -2.41. The Bertz CT molecular complexity index is 979. The van der Waals surface area contributed by atoms with Crippen LogP contribution >= 0.6 is 0 Å². The van der Waals surface area contributed by atoms with Gasteiger partial charge >= 0.3 is 71.3 Å². The fraction of sp³-hybridized carbons (Fsp3) is 0.882. The summed E-state index contributed by atoms with van der Waals surface area (Å²) in [5, 5.41) is 0. The summed E-state index contributed by atoms with van der Waals surface area (Å²) in [6.45, 7) is 0.493. The molecule has 0 unspecified atom stereocenters. The first-order valence-electron chi connectivity index (χ1n) is 9.70. The third-order valence-corrected chi connectivity index (χ3v) is 5.08. The van der Waals surface area contributed by atoms with E-state index in [2.05, 4.69) is 0 Å². The van der Waals surface area contributed by atoms with Crippen molar-refractivity contribution in [1.29, 1.82) is 0 Å². The van der Waals surface area contributed by atoms with Crippen molar-refractivity contribution in [3.63, 3.8) is 0 Å². The van der Waals surface area contributed by atoms with Crippen LogP contribution in [0.15, 0.2) is 12.2 Å². The number of rotatable bonds is 13. The average molecular weight is 688 g/mol. The van der Waals surface area contributed by atoms with Gasteiger partial charge in [-0.25, -0.2) is 0 Å². The molecule has 0 heterocycles. The minimum absolute atomic E-state index is 0.493. The quantitative estimate of drug-likeness (QED) is 0.134. The lowest BCUT2D eigenvalue weighted by Crippen LogP contribution is -2.70. The zero-order valence-electron chi connectivity index (χ0n) is 19.0. The van der Waals surface area contributed by atoms with Crippen LogP contribution in [0.1, 0.15) is 19.8 Å². The van der Waals surface area contributed by atoms with E-state index in [0.717, 1.165) is 0 Å². The van der Waals surface area contributed by atoms with Crippen LogP contribution in [0, 0.1) is 0 Å². The summed E-state index contributed by atoms with van der Waals surface area (Å²) >= 11 is 0. The van der Waals surface area contributed by atoms with E-state index in [1.807, 2.05) is 0 Å². The highest BCUT2D eigenvalue weighted by Crippen LogP contribution is 2.63. The predicted octanol–water partition coefficient (Wildman–Crippen LogP) is 9.89. The molecule has 0 aromatic rings. The Morgan fingerprint density at radius 3 is 0.810 bits per heavy atom. The van der Waals surface area contributed by atoms with Crippen molar-refractivity contribution in [2.24, 2.45) is 0 Å². The van der Waals surface area contributed by atoms with Gasteiger partial charge in [0.15, 0.2) is 0 Å². The molecule has 0 amide bonds. The first-order chi connectivity index (χ1) is 17.8. The molecule has 252 valence electrons. The lowest BCUT2D eigenvalue weighted by molar-refractivity contribution is -0.436. The molecule has 0 fully saturated rings.